The fourth-order valence-electron chi connectivity index (χ4n) is 2.40. The first-order chi connectivity index (χ1) is 11.4. The second-order valence-corrected chi connectivity index (χ2v) is 6.73. The van der Waals surface area contributed by atoms with Gasteiger partial charge in [0.1, 0.15) is 5.75 Å². The zero-order chi connectivity index (χ0) is 17.3. The summed E-state index contributed by atoms with van der Waals surface area (Å²) in [5.41, 5.74) is 1.84. The molecule has 0 radical (unpaired) electrons. The Morgan fingerprint density at radius 3 is 2.92 bits per heavy atom. The number of carbonyl (C=O) groups excluding carboxylic acids is 2. The lowest BCUT2D eigenvalue weighted by atomic mass is 10.1. The quantitative estimate of drug-likeness (QED) is 0.807. The minimum atomic E-state index is -0.271. The summed E-state index contributed by atoms with van der Waals surface area (Å²) >= 11 is 9.42. The van der Waals surface area contributed by atoms with Crippen LogP contribution in [-0.4, -0.2) is 18.4 Å². The summed E-state index contributed by atoms with van der Waals surface area (Å²) in [6.45, 7) is 1.87. The van der Waals surface area contributed by atoms with Crippen LogP contribution in [0.25, 0.3) is 0 Å². The Bertz CT molecular complexity index is 825. The molecule has 1 aliphatic heterocycles. The van der Waals surface area contributed by atoms with Gasteiger partial charge in [0.25, 0.3) is 11.8 Å². The number of amides is 2. The summed E-state index contributed by atoms with van der Waals surface area (Å²) in [5, 5.41) is 6.04. The van der Waals surface area contributed by atoms with Crippen molar-refractivity contribution in [3.8, 4) is 5.75 Å². The van der Waals surface area contributed by atoms with Crippen molar-refractivity contribution in [1.82, 2.24) is 5.32 Å². The number of nitrogens with one attached hydrogen (secondary N) is 2. The molecule has 5 nitrogen and oxygen atoms in total. The van der Waals surface area contributed by atoms with Crippen LogP contribution in [0.5, 0.6) is 5.75 Å². The topological polar surface area (TPSA) is 67.4 Å². The molecule has 3 rings (SSSR count). The van der Waals surface area contributed by atoms with Crippen LogP contribution in [0, 0.1) is 0 Å². The van der Waals surface area contributed by atoms with Gasteiger partial charge in [0, 0.05) is 4.47 Å². The van der Waals surface area contributed by atoms with Crippen molar-refractivity contribution in [1.29, 1.82) is 0 Å². The van der Waals surface area contributed by atoms with E-state index in [2.05, 4.69) is 26.6 Å². The molecule has 0 fully saturated rings. The Hall–Kier alpha value is -2.05. The largest absolute Gasteiger partial charge is 0.482 e. The molecule has 0 saturated carbocycles. The van der Waals surface area contributed by atoms with Gasteiger partial charge < -0.3 is 15.4 Å². The van der Waals surface area contributed by atoms with Crippen molar-refractivity contribution in [3.63, 3.8) is 0 Å². The summed E-state index contributed by atoms with van der Waals surface area (Å²) in [4.78, 5) is 23.8. The van der Waals surface area contributed by atoms with Crippen molar-refractivity contribution >= 4 is 45.0 Å². The molecule has 2 amide bonds. The van der Waals surface area contributed by atoms with Crippen LogP contribution in [0.15, 0.2) is 40.9 Å². The van der Waals surface area contributed by atoms with Crippen LogP contribution in [0.4, 0.5) is 5.69 Å². The van der Waals surface area contributed by atoms with Crippen molar-refractivity contribution in [2.24, 2.45) is 0 Å². The fourth-order valence-corrected chi connectivity index (χ4v) is 2.96. The second-order valence-electron chi connectivity index (χ2n) is 5.41. The van der Waals surface area contributed by atoms with Crippen molar-refractivity contribution in [3.05, 3.63) is 57.0 Å². The first kappa shape index (κ1) is 16.8. The van der Waals surface area contributed by atoms with Gasteiger partial charge in [-0.3, -0.25) is 9.59 Å². The van der Waals surface area contributed by atoms with Gasteiger partial charge in [0.2, 0.25) is 0 Å². The number of halogens is 2. The van der Waals surface area contributed by atoms with Gasteiger partial charge >= 0.3 is 0 Å². The summed E-state index contributed by atoms with van der Waals surface area (Å²) in [7, 11) is 0. The highest BCUT2D eigenvalue weighted by Crippen LogP contribution is 2.30. The number of anilines is 1. The summed E-state index contributed by atoms with van der Waals surface area (Å²) in [6.07, 6.45) is 0. The van der Waals surface area contributed by atoms with Crippen molar-refractivity contribution in [2.75, 3.05) is 11.9 Å². The van der Waals surface area contributed by atoms with Crippen LogP contribution < -0.4 is 15.4 Å². The van der Waals surface area contributed by atoms with Crippen LogP contribution in [-0.2, 0) is 4.79 Å². The van der Waals surface area contributed by atoms with Gasteiger partial charge in [-0.05, 0) is 42.8 Å². The van der Waals surface area contributed by atoms with Gasteiger partial charge in [-0.25, -0.2) is 0 Å². The van der Waals surface area contributed by atoms with Gasteiger partial charge in [0.05, 0.1) is 22.3 Å². The zero-order valence-electron chi connectivity index (χ0n) is 12.7. The van der Waals surface area contributed by atoms with Crippen LogP contribution >= 0.6 is 27.5 Å². The molecule has 0 aromatic heterocycles. The van der Waals surface area contributed by atoms with Crippen molar-refractivity contribution < 1.29 is 14.3 Å². The van der Waals surface area contributed by atoms with E-state index in [1.54, 1.807) is 30.3 Å². The third kappa shape index (κ3) is 3.55. The SMILES string of the molecule is CC(NC(=O)c1cc(Br)ccc1Cl)c1ccc2c(c1)NC(=O)CO2. The first-order valence-corrected chi connectivity index (χ1v) is 8.43. The molecule has 2 aromatic rings. The Balaban J connectivity index is 1.78. The van der Waals surface area contributed by atoms with E-state index in [9.17, 15) is 9.59 Å². The van der Waals surface area contributed by atoms with E-state index in [1.807, 2.05) is 13.0 Å². The number of carbonyl (C=O) groups is 2. The van der Waals surface area contributed by atoms with E-state index < -0.39 is 0 Å². The van der Waals surface area contributed by atoms with Crippen LogP contribution in [0.2, 0.25) is 5.02 Å². The second kappa shape index (κ2) is 6.83. The molecular formula is C17H14BrClN2O3. The normalized spacial score (nSPS) is 14.2. The standard InChI is InChI=1S/C17H14BrClN2O3/c1-9(20-17(23)12-7-11(18)3-4-13(12)19)10-2-5-15-14(6-10)21-16(22)8-24-15/h2-7,9H,8H2,1H3,(H,20,23)(H,21,22). The Morgan fingerprint density at radius 2 is 2.12 bits per heavy atom. The molecule has 0 aliphatic carbocycles. The van der Waals surface area contributed by atoms with Gasteiger partial charge in [-0.2, -0.15) is 0 Å². The molecule has 24 heavy (non-hydrogen) atoms. The minimum absolute atomic E-state index is 0.0139. The number of hydrogen-bond acceptors (Lipinski definition) is 3. The number of hydrogen-bond donors (Lipinski definition) is 2. The third-order valence-corrected chi connectivity index (χ3v) is 4.48. The van der Waals surface area contributed by atoms with Crippen LogP contribution in [0.3, 0.4) is 0 Å². The van der Waals surface area contributed by atoms with E-state index >= 15 is 0 Å². The lowest BCUT2D eigenvalue weighted by Gasteiger charge is -2.21. The van der Waals surface area contributed by atoms with Crippen LogP contribution in [0.1, 0.15) is 28.9 Å². The Morgan fingerprint density at radius 1 is 1.33 bits per heavy atom. The number of rotatable bonds is 3. The average molecular weight is 410 g/mol. The predicted molar refractivity (Wildman–Crippen MR) is 95.6 cm³/mol. The Labute approximate surface area is 152 Å². The zero-order valence-corrected chi connectivity index (χ0v) is 15.1. The highest BCUT2D eigenvalue weighted by molar-refractivity contribution is 9.10. The average Bonchev–Trinajstić information content (AvgIpc) is 2.56. The molecule has 1 heterocycles. The fraction of sp³-hybridized carbons (Fsp3) is 0.176. The minimum Gasteiger partial charge on any atom is -0.482 e. The molecule has 2 N–H and O–H groups in total. The van der Waals surface area contributed by atoms with E-state index in [0.29, 0.717) is 22.0 Å². The number of benzene rings is 2. The third-order valence-electron chi connectivity index (χ3n) is 3.66. The Kier molecular flexibility index (Phi) is 4.78. The maximum atomic E-state index is 12.4. The maximum Gasteiger partial charge on any atom is 0.262 e. The lowest BCUT2D eigenvalue weighted by Crippen LogP contribution is -2.28. The smallest absolute Gasteiger partial charge is 0.262 e. The van der Waals surface area contributed by atoms with E-state index in [4.69, 9.17) is 16.3 Å². The molecule has 0 spiro atoms. The van der Waals surface area contributed by atoms with Gasteiger partial charge in [-0.15, -0.1) is 0 Å². The highest BCUT2D eigenvalue weighted by Gasteiger charge is 2.19. The summed E-state index contributed by atoms with van der Waals surface area (Å²) < 4.78 is 6.10. The molecule has 1 aliphatic rings. The first-order valence-electron chi connectivity index (χ1n) is 7.26. The predicted octanol–water partition coefficient (Wildman–Crippen LogP) is 3.92. The lowest BCUT2D eigenvalue weighted by molar-refractivity contribution is -0.118. The highest BCUT2D eigenvalue weighted by atomic mass is 79.9. The van der Waals surface area contributed by atoms with E-state index in [-0.39, 0.29) is 24.5 Å². The monoisotopic (exact) mass is 408 g/mol. The van der Waals surface area contributed by atoms with E-state index in [1.165, 1.54) is 0 Å². The molecule has 1 unspecified atom stereocenters. The number of ether oxygens (including phenoxy) is 1. The van der Waals surface area contributed by atoms with Crippen molar-refractivity contribution in [2.45, 2.75) is 13.0 Å². The van der Waals surface area contributed by atoms with Gasteiger partial charge in [0.15, 0.2) is 6.61 Å². The van der Waals surface area contributed by atoms with E-state index in [0.717, 1.165) is 10.0 Å². The molecule has 2 aromatic carbocycles. The molecular weight excluding hydrogens is 396 g/mol. The number of fused-ring (bicyclic) bond motifs is 1. The molecule has 0 saturated heterocycles. The maximum absolute atomic E-state index is 12.4. The summed E-state index contributed by atoms with van der Waals surface area (Å²) in [6, 6.07) is 10.3. The molecule has 124 valence electrons. The summed E-state index contributed by atoms with van der Waals surface area (Å²) in [5.74, 6) is 0.149. The molecule has 7 heteroatoms. The van der Waals surface area contributed by atoms with Gasteiger partial charge in [-0.1, -0.05) is 33.6 Å². The molecule has 0 bridgehead atoms. The molecule has 1 atom stereocenters.